The molecule has 2 aromatic rings. The van der Waals surface area contributed by atoms with Crippen LogP contribution in [0.15, 0.2) is 42.9 Å². The average Bonchev–Trinajstić information content (AvgIpc) is 2.46. The predicted molar refractivity (Wildman–Crippen MR) is 66.2 cm³/mol. The van der Waals surface area contributed by atoms with Gasteiger partial charge in [-0.2, -0.15) is 0 Å². The molecule has 0 aliphatic carbocycles. The second kappa shape index (κ2) is 5.77. The zero-order valence-corrected chi connectivity index (χ0v) is 9.96. The molecule has 0 radical (unpaired) electrons. The van der Waals surface area contributed by atoms with Gasteiger partial charge in [0.25, 0.3) is 5.91 Å². The number of ether oxygens (including phenoxy) is 1. The van der Waals surface area contributed by atoms with E-state index in [0.717, 1.165) is 5.56 Å². The first-order valence-electron chi connectivity index (χ1n) is 5.47. The second-order valence-electron chi connectivity index (χ2n) is 3.63. The monoisotopic (exact) mass is 243 g/mol. The van der Waals surface area contributed by atoms with Crippen LogP contribution >= 0.6 is 0 Å². The highest BCUT2D eigenvalue weighted by atomic mass is 16.5. The molecule has 0 atom stereocenters. The largest absolute Gasteiger partial charge is 0.481 e. The fraction of sp³-hybridized carbons (Fsp3) is 0.154. The molecule has 18 heavy (non-hydrogen) atoms. The molecule has 0 spiro atoms. The zero-order valence-electron chi connectivity index (χ0n) is 9.96. The highest BCUT2D eigenvalue weighted by molar-refractivity contribution is 5.93. The number of carbonyl (C=O) groups is 1. The minimum atomic E-state index is -0.131. The van der Waals surface area contributed by atoms with Gasteiger partial charge in [-0.3, -0.25) is 9.78 Å². The van der Waals surface area contributed by atoms with Gasteiger partial charge in [0.15, 0.2) is 0 Å². The Kier molecular flexibility index (Phi) is 3.86. The molecule has 2 rings (SSSR count). The maximum Gasteiger partial charge on any atom is 0.251 e. The number of hydrogen-bond donors (Lipinski definition) is 1. The number of pyridine rings is 2. The predicted octanol–water partition coefficient (Wildman–Crippen LogP) is 1.42. The molecule has 0 saturated heterocycles. The number of aromatic nitrogens is 2. The molecule has 0 aliphatic heterocycles. The molecular weight excluding hydrogens is 230 g/mol. The van der Waals surface area contributed by atoms with Crippen molar-refractivity contribution in [2.45, 2.75) is 6.54 Å². The van der Waals surface area contributed by atoms with Crippen molar-refractivity contribution >= 4 is 5.91 Å². The van der Waals surface area contributed by atoms with Crippen LogP contribution < -0.4 is 10.1 Å². The molecule has 0 bridgehead atoms. The van der Waals surface area contributed by atoms with E-state index in [0.29, 0.717) is 18.0 Å². The van der Waals surface area contributed by atoms with Gasteiger partial charge in [0.2, 0.25) is 5.88 Å². The third-order valence-electron chi connectivity index (χ3n) is 2.40. The van der Waals surface area contributed by atoms with E-state index >= 15 is 0 Å². The van der Waals surface area contributed by atoms with Gasteiger partial charge >= 0.3 is 0 Å². The summed E-state index contributed by atoms with van der Waals surface area (Å²) in [5.41, 5.74) is 1.50. The minimum Gasteiger partial charge on any atom is -0.481 e. The van der Waals surface area contributed by atoms with Crippen LogP contribution in [0.25, 0.3) is 0 Å². The molecule has 0 saturated carbocycles. The fourth-order valence-electron chi connectivity index (χ4n) is 1.42. The number of methoxy groups -OCH3 is 1. The molecule has 5 nitrogen and oxygen atoms in total. The van der Waals surface area contributed by atoms with Gasteiger partial charge in [-0.15, -0.1) is 0 Å². The van der Waals surface area contributed by atoms with Crippen molar-refractivity contribution < 1.29 is 9.53 Å². The second-order valence-corrected chi connectivity index (χ2v) is 3.63. The summed E-state index contributed by atoms with van der Waals surface area (Å²) in [6.45, 7) is 0.429. The number of nitrogens with one attached hydrogen (secondary N) is 1. The van der Waals surface area contributed by atoms with Crippen LogP contribution in [0.3, 0.4) is 0 Å². The molecule has 0 aliphatic rings. The summed E-state index contributed by atoms with van der Waals surface area (Å²) in [5, 5.41) is 2.81. The topological polar surface area (TPSA) is 64.1 Å². The summed E-state index contributed by atoms with van der Waals surface area (Å²) >= 11 is 0. The van der Waals surface area contributed by atoms with Gasteiger partial charge in [0, 0.05) is 36.8 Å². The van der Waals surface area contributed by atoms with E-state index in [1.807, 2.05) is 6.07 Å². The van der Waals surface area contributed by atoms with Crippen LogP contribution in [0.5, 0.6) is 5.88 Å². The van der Waals surface area contributed by atoms with Gasteiger partial charge in [-0.25, -0.2) is 4.98 Å². The molecule has 0 fully saturated rings. The van der Waals surface area contributed by atoms with E-state index < -0.39 is 0 Å². The summed E-state index contributed by atoms with van der Waals surface area (Å²) < 4.78 is 4.96. The van der Waals surface area contributed by atoms with Crippen molar-refractivity contribution in [3.63, 3.8) is 0 Å². The van der Waals surface area contributed by atoms with Crippen LogP contribution in [0.2, 0.25) is 0 Å². The van der Waals surface area contributed by atoms with Gasteiger partial charge < -0.3 is 10.1 Å². The molecule has 0 aromatic carbocycles. The van der Waals surface area contributed by atoms with Crippen molar-refractivity contribution in [1.29, 1.82) is 0 Å². The van der Waals surface area contributed by atoms with Crippen molar-refractivity contribution in [2.24, 2.45) is 0 Å². The van der Waals surface area contributed by atoms with Gasteiger partial charge in [-0.1, -0.05) is 6.07 Å². The molecule has 2 aromatic heterocycles. The number of hydrogen-bond acceptors (Lipinski definition) is 4. The highest BCUT2D eigenvalue weighted by Crippen LogP contribution is 2.06. The van der Waals surface area contributed by atoms with E-state index in [9.17, 15) is 4.79 Å². The van der Waals surface area contributed by atoms with E-state index in [1.165, 1.54) is 0 Å². The lowest BCUT2D eigenvalue weighted by atomic mass is 10.2. The zero-order chi connectivity index (χ0) is 12.8. The molecule has 1 amide bonds. The van der Waals surface area contributed by atoms with Crippen molar-refractivity contribution in [2.75, 3.05) is 7.11 Å². The Bertz CT molecular complexity index is 512. The molecule has 1 N–H and O–H groups in total. The van der Waals surface area contributed by atoms with Gasteiger partial charge in [0.1, 0.15) is 0 Å². The molecular formula is C13H13N3O2. The highest BCUT2D eigenvalue weighted by Gasteiger charge is 2.04. The third-order valence-corrected chi connectivity index (χ3v) is 2.40. The third kappa shape index (κ3) is 3.04. The fourth-order valence-corrected chi connectivity index (χ4v) is 1.42. The van der Waals surface area contributed by atoms with Crippen molar-refractivity contribution in [3.05, 3.63) is 54.0 Å². The normalized spacial score (nSPS) is 9.83. The van der Waals surface area contributed by atoms with Crippen molar-refractivity contribution in [1.82, 2.24) is 15.3 Å². The summed E-state index contributed by atoms with van der Waals surface area (Å²) in [6.07, 6.45) is 4.85. The Balaban J connectivity index is 1.93. The van der Waals surface area contributed by atoms with E-state index in [2.05, 4.69) is 15.3 Å². The molecule has 2 heterocycles. The summed E-state index contributed by atoms with van der Waals surface area (Å²) in [5.74, 6) is 0.424. The quantitative estimate of drug-likeness (QED) is 0.882. The first-order valence-corrected chi connectivity index (χ1v) is 5.47. The smallest absolute Gasteiger partial charge is 0.251 e. The molecule has 0 unspecified atom stereocenters. The van der Waals surface area contributed by atoms with Gasteiger partial charge in [0.05, 0.1) is 7.11 Å². The van der Waals surface area contributed by atoms with Crippen LogP contribution in [-0.4, -0.2) is 23.0 Å². The van der Waals surface area contributed by atoms with Crippen molar-refractivity contribution in [3.8, 4) is 5.88 Å². The molecule has 5 heteroatoms. The van der Waals surface area contributed by atoms with Crippen LogP contribution in [0, 0.1) is 0 Å². The standard InChI is InChI=1S/C13H13N3O2/c1-18-12-3-2-10(8-15-12)9-16-13(17)11-4-6-14-7-5-11/h2-8H,9H2,1H3,(H,16,17). The SMILES string of the molecule is COc1ccc(CNC(=O)c2ccncc2)cn1. The molecule has 92 valence electrons. The van der Waals surface area contributed by atoms with E-state index in [1.54, 1.807) is 43.9 Å². The number of amides is 1. The van der Waals surface area contributed by atoms with Crippen LogP contribution in [-0.2, 0) is 6.54 Å². The lowest BCUT2D eigenvalue weighted by Crippen LogP contribution is -2.22. The number of nitrogens with zero attached hydrogens (tertiary/aromatic N) is 2. The van der Waals surface area contributed by atoms with E-state index in [4.69, 9.17) is 4.74 Å². The Hall–Kier alpha value is -2.43. The maximum absolute atomic E-state index is 11.8. The Morgan fingerprint density at radius 1 is 1.28 bits per heavy atom. The first kappa shape index (κ1) is 12.0. The Morgan fingerprint density at radius 2 is 2.06 bits per heavy atom. The lowest BCUT2D eigenvalue weighted by molar-refractivity contribution is 0.0951. The van der Waals surface area contributed by atoms with Crippen LogP contribution in [0.4, 0.5) is 0 Å². The summed E-state index contributed by atoms with van der Waals surface area (Å²) in [4.78, 5) is 19.7. The summed E-state index contributed by atoms with van der Waals surface area (Å²) in [7, 11) is 1.56. The number of rotatable bonds is 4. The minimum absolute atomic E-state index is 0.131. The Labute approximate surface area is 105 Å². The van der Waals surface area contributed by atoms with Crippen LogP contribution in [0.1, 0.15) is 15.9 Å². The first-order chi connectivity index (χ1) is 8.79. The lowest BCUT2D eigenvalue weighted by Gasteiger charge is -2.05. The van der Waals surface area contributed by atoms with Gasteiger partial charge in [-0.05, 0) is 17.7 Å². The summed E-state index contributed by atoms with van der Waals surface area (Å²) in [6, 6.07) is 6.95. The maximum atomic E-state index is 11.8. The Morgan fingerprint density at radius 3 is 2.67 bits per heavy atom. The average molecular weight is 243 g/mol. The van der Waals surface area contributed by atoms with E-state index in [-0.39, 0.29) is 5.91 Å². The number of carbonyl (C=O) groups excluding carboxylic acids is 1.